The number of hydrogen-bond donors (Lipinski definition) is 1. The van der Waals surface area contributed by atoms with E-state index < -0.39 is 10.8 Å². The first-order valence-electron chi connectivity index (χ1n) is 4.97. The number of hydrogen-bond acceptors (Lipinski definition) is 4. The van der Waals surface area contributed by atoms with E-state index in [-0.39, 0.29) is 5.25 Å². The van der Waals surface area contributed by atoms with Crippen molar-refractivity contribution in [3.63, 3.8) is 0 Å². The molecule has 0 spiro atoms. The number of aromatic nitrogens is 2. The van der Waals surface area contributed by atoms with Crippen LogP contribution in [0.2, 0.25) is 0 Å². The minimum absolute atomic E-state index is 0.254. The lowest BCUT2D eigenvalue weighted by atomic mass is 10.3. The first-order chi connectivity index (χ1) is 7.20. The van der Waals surface area contributed by atoms with Crippen LogP contribution >= 0.6 is 0 Å². The molecule has 4 nitrogen and oxygen atoms in total. The second-order valence-corrected chi connectivity index (χ2v) is 5.32. The molecule has 0 fully saturated rings. The van der Waals surface area contributed by atoms with Crippen molar-refractivity contribution in [2.45, 2.75) is 25.1 Å². The van der Waals surface area contributed by atoms with Gasteiger partial charge in [-0.2, -0.15) is 0 Å². The van der Waals surface area contributed by atoms with Gasteiger partial charge in [0.25, 0.3) is 0 Å². The van der Waals surface area contributed by atoms with Crippen molar-refractivity contribution in [3.8, 4) is 0 Å². The topological polar surface area (TPSA) is 54.9 Å². The Balaban J connectivity index is 2.15. The van der Waals surface area contributed by atoms with Gasteiger partial charge in [-0.15, -0.1) is 0 Å². The van der Waals surface area contributed by atoms with E-state index in [1.165, 1.54) is 6.33 Å². The van der Waals surface area contributed by atoms with Gasteiger partial charge in [-0.05, 0) is 13.0 Å². The highest BCUT2D eigenvalue weighted by atomic mass is 32.2. The highest BCUT2D eigenvalue weighted by Gasteiger charge is 2.04. The van der Waals surface area contributed by atoms with Crippen molar-refractivity contribution in [3.05, 3.63) is 24.3 Å². The molecule has 0 aliphatic rings. The second-order valence-electron chi connectivity index (χ2n) is 3.52. The Kier molecular flexibility index (Phi) is 5.42. The minimum Gasteiger partial charge on any atom is -0.313 e. The molecular formula is C10H17N3OS. The summed E-state index contributed by atoms with van der Waals surface area (Å²) in [5.41, 5.74) is 1.07. The van der Waals surface area contributed by atoms with Gasteiger partial charge in [0.2, 0.25) is 0 Å². The van der Waals surface area contributed by atoms with Crippen molar-refractivity contribution in [1.82, 2.24) is 15.3 Å². The van der Waals surface area contributed by atoms with Crippen LogP contribution in [0.1, 0.15) is 18.9 Å². The maximum absolute atomic E-state index is 11.1. The van der Waals surface area contributed by atoms with E-state index in [1.54, 1.807) is 18.6 Å². The molecule has 5 heteroatoms. The van der Waals surface area contributed by atoms with Crippen molar-refractivity contribution in [2.75, 3.05) is 12.8 Å². The molecule has 0 radical (unpaired) electrons. The molecule has 0 aliphatic heterocycles. The fraction of sp³-hybridized carbons (Fsp3) is 0.600. The molecular weight excluding hydrogens is 210 g/mol. The fourth-order valence-electron chi connectivity index (χ4n) is 1.13. The summed E-state index contributed by atoms with van der Waals surface area (Å²) < 4.78 is 11.1. The van der Waals surface area contributed by atoms with E-state index >= 15 is 0 Å². The molecule has 15 heavy (non-hydrogen) atoms. The van der Waals surface area contributed by atoms with Gasteiger partial charge in [-0.1, -0.05) is 6.92 Å². The molecule has 84 valence electrons. The Labute approximate surface area is 93.0 Å². The normalized spacial score (nSPS) is 14.8. The van der Waals surface area contributed by atoms with Crippen LogP contribution in [0.4, 0.5) is 0 Å². The van der Waals surface area contributed by atoms with Gasteiger partial charge >= 0.3 is 0 Å². The summed E-state index contributed by atoms with van der Waals surface area (Å²) in [7, 11) is -0.723. The van der Waals surface area contributed by atoms with E-state index in [2.05, 4.69) is 15.3 Å². The molecule has 0 saturated carbocycles. The molecule has 0 aromatic carbocycles. The van der Waals surface area contributed by atoms with Crippen LogP contribution in [0, 0.1) is 0 Å². The third kappa shape index (κ3) is 4.99. The van der Waals surface area contributed by atoms with E-state index in [0.29, 0.717) is 0 Å². The van der Waals surface area contributed by atoms with Gasteiger partial charge in [-0.25, -0.2) is 9.97 Å². The quantitative estimate of drug-likeness (QED) is 0.728. The van der Waals surface area contributed by atoms with Crippen molar-refractivity contribution < 1.29 is 4.21 Å². The Hall–Kier alpha value is -0.810. The summed E-state index contributed by atoms with van der Waals surface area (Å²) in [6.07, 6.45) is 7.78. The first kappa shape index (κ1) is 12.3. The van der Waals surface area contributed by atoms with Crippen LogP contribution in [0.15, 0.2) is 18.7 Å². The summed E-state index contributed by atoms with van der Waals surface area (Å²) in [6, 6.07) is 0. The van der Waals surface area contributed by atoms with E-state index in [9.17, 15) is 4.21 Å². The molecule has 0 saturated heterocycles. The number of nitrogens with one attached hydrogen (secondary N) is 1. The van der Waals surface area contributed by atoms with E-state index in [1.807, 2.05) is 6.92 Å². The molecule has 0 bridgehead atoms. The molecule has 1 aromatic heterocycles. The molecule has 2 unspecified atom stereocenters. The van der Waals surface area contributed by atoms with Crippen molar-refractivity contribution in [1.29, 1.82) is 0 Å². The summed E-state index contributed by atoms with van der Waals surface area (Å²) in [4.78, 5) is 7.85. The van der Waals surface area contributed by atoms with Gasteiger partial charge in [-0.3, -0.25) is 4.21 Å². The third-order valence-corrected chi connectivity index (χ3v) is 3.61. The third-order valence-electron chi connectivity index (χ3n) is 2.24. The second kappa shape index (κ2) is 6.63. The lowest BCUT2D eigenvalue weighted by Gasteiger charge is -2.08. The standard InChI is InChI=1S/C10H17N3OS/c1-9(15(2)14)3-4-11-5-10-6-12-8-13-7-10/h6-9,11H,3-5H2,1-2H3. The van der Waals surface area contributed by atoms with E-state index in [0.717, 1.165) is 25.1 Å². The zero-order valence-corrected chi connectivity index (χ0v) is 9.96. The zero-order valence-electron chi connectivity index (χ0n) is 9.14. The molecule has 0 amide bonds. The monoisotopic (exact) mass is 227 g/mol. The lowest BCUT2D eigenvalue weighted by Crippen LogP contribution is -2.21. The van der Waals surface area contributed by atoms with Crippen LogP contribution < -0.4 is 5.32 Å². The molecule has 1 N–H and O–H groups in total. The maximum atomic E-state index is 11.1. The highest BCUT2D eigenvalue weighted by molar-refractivity contribution is 7.84. The smallest absolute Gasteiger partial charge is 0.115 e. The van der Waals surface area contributed by atoms with Gasteiger partial charge in [0, 0.05) is 46.8 Å². The number of nitrogens with zero attached hydrogens (tertiary/aromatic N) is 2. The zero-order chi connectivity index (χ0) is 11.1. The van der Waals surface area contributed by atoms with Crippen LogP contribution in [-0.4, -0.2) is 32.2 Å². The molecule has 1 heterocycles. The summed E-state index contributed by atoms with van der Waals surface area (Å²) in [6.45, 7) is 3.64. The lowest BCUT2D eigenvalue weighted by molar-refractivity contribution is 0.627. The highest BCUT2D eigenvalue weighted by Crippen LogP contribution is 1.98. The maximum Gasteiger partial charge on any atom is 0.115 e. The molecule has 0 aliphatic carbocycles. The molecule has 1 rings (SSSR count). The molecule has 1 aromatic rings. The van der Waals surface area contributed by atoms with Crippen LogP contribution in [-0.2, 0) is 17.3 Å². The van der Waals surface area contributed by atoms with Crippen molar-refractivity contribution in [2.24, 2.45) is 0 Å². The Morgan fingerprint density at radius 2 is 2.13 bits per heavy atom. The Morgan fingerprint density at radius 1 is 1.47 bits per heavy atom. The summed E-state index contributed by atoms with van der Waals surface area (Å²) in [5.74, 6) is 0. The summed E-state index contributed by atoms with van der Waals surface area (Å²) in [5, 5.41) is 3.53. The van der Waals surface area contributed by atoms with Crippen LogP contribution in [0.5, 0.6) is 0 Å². The van der Waals surface area contributed by atoms with Crippen LogP contribution in [0.25, 0.3) is 0 Å². The fourth-order valence-corrected chi connectivity index (χ4v) is 1.58. The predicted octanol–water partition coefficient (Wildman–Crippen LogP) is 0.723. The Bertz CT molecular complexity index is 305. The van der Waals surface area contributed by atoms with Crippen LogP contribution in [0.3, 0.4) is 0 Å². The van der Waals surface area contributed by atoms with Gasteiger partial charge in [0.1, 0.15) is 6.33 Å². The predicted molar refractivity (Wildman–Crippen MR) is 61.9 cm³/mol. The van der Waals surface area contributed by atoms with E-state index in [4.69, 9.17) is 0 Å². The molecule has 2 atom stereocenters. The largest absolute Gasteiger partial charge is 0.313 e. The first-order valence-corrected chi connectivity index (χ1v) is 6.59. The van der Waals surface area contributed by atoms with Crippen molar-refractivity contribution >= 4 is 10.8 Å². The summed E-state index contributed by atoms with van der Waals surface area (Å²) >= 11 is 0. The number of rotatable bonds is 6. The average molecular weight is 227 g/mol. The van der Waals surface area contributed by atoms with Gasteiger partial charge in [0.15, 0.2) is 0 Å². The Morgan fingerprint density at radius 3 is 2.73 bits per heavy atom. The van der Waals surface area contributed by atoms with Gasteiger partial charge in [0.05, 0.1) is 0 Å². The minimum atomic E-state index is -0.723. The SMILES string of the molecule is CC(CCNCc1cncnc1)S(C)=O. The van der Waals surface area contributed by atoms with Gasteiger partial charge < -0.3 is 5.32 Å². The average Bonchev–Trinajstić information content (AvgIpc) is 2.25.